The van der Waals surface area contributed by atoms with Crippen LogP contribution in [-0.4, -0.2) is 37.1 Å². The molecule has 0 heterocycles. The third-order valence-electron chi connectivity index (χ3n) is 2.74. The quantitative estimate of drug-likeness (QED) is 0.706. The molecule has 0 radical (unpaired) electrons. The van der Waals surface area contributed by atoms with Crippen molar-refractivity contribution in [3.63, 3.8) is 0 Å². The van der Waals surface area contributed by atoms with Crippen LogP contribution in [0.4, 0.5) is 0 Å². The molecular formula is C11H17NO5. The molecule has 1 saturated carbocycles. The van der Waals surface area contributed by atoms with E-state index in [1.165, 1.54) is 21.0 Å². The van der Waals surface area contributed by atoms with Crippen molar-refractivity contribution >= 4 is 17.8 Å². The number of ether oxygens (including phenoxy) is 2. The Balaban J connectivity index is 2.67. The number of rotatable bonds is 3. The van der Waals surface area contributed by atoms with Crippen LogP contribution < -0.4 is 5.32 Å². The largest absolute Gasteiger partial charge is 0.469 e. The summed E-state index contributed by atoms with van der Waals surface area (Å²) in [6.45, 7) is 2.69. The van der Waals surface area contributed by atoms with Crippen LogP contribution in [0.1, 0.15) is 26.7 Å². The number of carbonyl (C=O) groups excluding carboxylic acids is 3. The molecule has 0 aromatic rings. The fraction of sp³-hybridized carbons (Fsp3) is 0.727. The summed E-state index contributed by atoms with van der Waals surface area (Å²) in [6, 6.07) is -0.319. The molecule has 0 aromatic heterocycles. The normalized spacial score (nSPS) is 27.4. The van der Waals surface area contributed by atoms with E-state index >= 15 is 0 Å². The Bertz CT molecular complexity index is 304. The summed E-state index contributed by atoms with van der Waals surface area (Å²) in [7, 11) is 1.31. The monoisotopic (exact) mass is 243 g/mol. The van der Waals surface area contributed by atoms with Crippen LogP contribution >= 0.6 is 0 Å². The number of hydrogen-bond acceptors (Lipinski definition) is 5. The minimum Gasteiger partial charge on any atom is -0.469 e. The van der Waals surface area contributed by atoms with E-state index in [0.717, 1.165) is 0 Å². The van der Waals surface area contributed by atoms with Crippen molar-refractivity contribution < 1.29 is 23.9 Å². The average Bonchev–Trinajstić information content (AvgIpc) is 2.58. The minimum atomic E-state index is -0.458. The summed E-state index contributed by atoms with van der Waals surface area (Å²) in [5, 5.41) is 2.68. The predicted octanol–water partition coefficient (Wildman–Crippen LogP) is 0.00580. The highest BCUT2D eigenvalue weighted by Crippen LogP contribution is 2.29. The molecule has 96 valence electrons. The maximum atomic E-state index is 11.4. The van der Waals surface area contributed by atoms with Crippen molar-refractivity contribution in [1.29, 1.82) is 0 Å². The molecule has 0 spiro atoms. The Morgan fingerprint density at radius 2 is 1.82 bits per heavy atom. The number of nitrogens with one attached hydrogen (secondary N) is 1. The van der Waals surface area contributed by atoms with Crippen LogP contribution in [0.3, 0.4) is 0 Å². The highest BCUT2D eigenvalue weighted by Gasteiger charge is 2.40. The first-order chi connectivity index (χ1) is 7.93. The maximum Gasteiger partial charge on any atom is 0.308 e. The summed E-state index contributed by atoms with van der Waals surface area (Å²) in [4.78, 5) is 33.3. The van der Waals surface area contributed by atoms with Crippen LogP contribution in [0.15, 0.2) is 0 Å². The van der Waals surface area contributed by atoms with Crippen molar-refractivity contribution in [1.82, 2.24) is 5.32 Å². The van der Waals surface area contributed by atoms with Gasteiger partial charge in [-0.1, -0.05) is 0 Å². The van der Waals surface area contributed by atoms with E-state index in [9.17, 15) is 14.4 Å². The van der Waals surface area contributed by atoms with E-state index in [-0.39, 0.29) is 23.8 Å². The van der Waals surface area contributed by atoms with E-state index in [1.807, 2.05) is 0 Å². The minimum absolute atomic E-state index is 0.210. The fourth-order valence-corrected chi connectivity index (χ4v) is 2.11. The Labute approximate surface area is 99.6 Å². The Hall–Kier alpha value is -1.59. The molecule has 17 heavy (non-hydrogen) atoms. The molecule has 1 N–H and O–H groups in total. The second-order valence-corrected chi connectivity index (χ2v) is 4.15. The predicted molar refractivity (Wildman–Crippen MR) is 57.9 cm³/mol. The zero-order valence-corrected chi connectivity index (χ0v) is 10.2. The van der Waals surface area contributed by atoms with Crippen molar-refractivity contribution in [2.24, 2.45) is 5.92 Å². The van der Waals surface area contributed by atoms with Gasteiger partial charge in [0.05, 0.1) is 19.1 Å². The molecule has 6 nitrogen and oxygen atoms in total. The number of hydrogen-bond donors (Lipinski definition) is 1. The van der Waals surface area contributed by atoms with Gasteiger partial charge >= 0.3 is 11.9 Å². The Morgan fingerprint density at radius 3 is 2.29 bits per heavy atom. The number of carbonyl (C=O) groups is 3. The van der Waals surface area contributed by atoms with Crippen LogP contribution in [0, 0.1) is 5.92 Å². The summed E-state index contributed by atoms with van der Waals surface area (Å²) in [5.41, 5.74) is 0. The second-order valence-electron chi connectivity index (χ2n) is 4.15. The van der Waals surface area contributed by atoms with E-state index in [2.05, 4.69) is 10.1 Å². The third kappa shape index (κ3) is 3.72. The molecule has 0 aliphatic heterocycles. The van der Waals surface area contributed by atoms with Crippen molar-refractivity contribution in [2.45, 2.75) is 38.8 Å². The maximum absolute atomic E-state index is 11.4. The molecule has 0 bridgehead atoms. The fourth-order valence-electron chi connectivity index (χ4n) is 2.11. The first kappa shape index (κ1) is 13.5. The van der Waals surface area contributed by atoms with E-state index < -0.39 is 12.1 Å². The van der Waals surface area contributed by atoms with Gasteiger partial charge < -0.3 is 14.8 Å². The topological polar surface area (TPSA) is 81.7 Å². The van der Waals surface area contributed by atoms with Gasteiger partial charge in [0.1, 0.15) is 6.10 Å². The van der Waals surface area contributed by atoms with Gasteiger partial charge in [0, 0.05) is 13.8 Å². The zero-order valence-electron chi connectivity index (χ0n) is 10.2. The molecule has 1 aliphatic carbocycles. The SMILES string of the molecule is COC(=O)[C@H]1C[C@@H](NC(C)=O)[C@H](OC(C)=O)C1. The molecule has 1 amide bonds. The summed E-state index contributed by atoms with van der Waals surface area (Å²) in [6.07, 6.45) is 0.363. The lowest BCUT2D eigenvalue weighted by Gasteiger charge is -2.19. The molecule has 1 rings (SSSR count). The molecule has 1 fully saturated rings. The van der Waals surface area contributed by atoms with Crippen molar-refractivity contribution in [3.8, 4) is 0 Å². The number of methoxy groups -OCH3 is 1. The van der Waals surface area contributed by atoms with Gasteiger partial charge in [0.15, 0.2) is 0 Å². The molecular weight excluding hydrogens is 226 g/mol. The zero-order chi connectivity index (χ0) is 13.0. The van der Waals surface area contributed by atoms with Crippen LogP contribution in [-0.2, 0) is 23.9 Å². The van der Waals surface area contributed by atoms with Gasteiger partial charge in [0.2, 0.25) is 5.91 Å². The first-order valence-electron chi connectivity index (χ1n) is 5.46. The van der Waals surface area contributed by atoms with Crippen molar-refractivity contribution in [3.05, 3.63) is 0 Å². The van der Waals surface area contributed by atoms with Gasteiger partial charge in [-0.05, 0) is 12.8 Å². The van der Waals surface area contributed by atoms with Crippen LogP contribution in [0.5, 0.6) is 0 Å². The number of amides is 1. The van der Waals surface area contributed by atoms with Gasteiger partial charge in [-0.15, -0.1) is 0 Å². The first-order valence-corrected chi connectivity index (χ1v) is 5.46. The van der Waals surface area contributed by atoms with Crippen LogP contribution in [0.25, 0.3) is 0 Å². The van der Waals surface area contributed by atoms with Gasteiger partial charge in [-0.25, -0.2) is 0 Å². The van der Waals surface area contributed by atoms with E-state index in [0.29, 0.717) is 12.8 Å². The molecule has 6 heteroatoms. The summed E-state index contributed by atoms with van der Waals surface area (Å²) in [5.74, 6) is -1.30. The van der Waals surface area contributed by atoms with E-state index in [1.54, 1.807) is 0 Å². The van der Waals surface area contributed by atoms with Gasteiger partial charge in [0.25, 0.3) is 0 Å². The number of esters is 2. The molecule has 0 aromatic carbocycles. The lowest BCUT2D eigenvalue weighted by Crippen LogP contribution is -2.40. The lowest BCUT2D eigenvalue weighted by atomic mass is 10.1. The van der Waals surface area contributed by atoms with Gasteiger partial charge in [-0.3, -0.25) is 14.4 Å². The Morgan fingerprint density at radius 1 is 1.18 bits per heavy atom. The lowest BCUT2D eigenvalue weighted by molar-refractivity contribution is -0.150. The summed E-state index contributed by atoms with van der Waals surface area (Å²) >= 11 is 0. The second kappa shape index (κ2) is 5.65. The van der Waals surface area contributed by atoms with Crippen LogP contribution in [0.2, 0.25) is 0 Å². The molecule has 1 aliphatic rings. The highest BCUT2D eigenvalue weighted by molar-refractivity contribution is 5.75. The molecule has 0 saturated heterocycles. The average molecular weight is 243 g/mol. The van der Waals surface area contributed by atoms with E-state index in [4.69, 9.17) is 4.74 Å². The standard InChI is InChI=1S/C11H17NO5/c1-6(13)12-9-4-8(11(15)16-3)5-10(9)17-7(2)14/h8-10H,4-5H2,1-3H3,(H,12,13)/t8-,9+,10+/m0/s1. The summed E-state index contributed by atoms with van der Waals surface area (Å²) < 4.78 is 9.74. The molecule has 0 unspecified atom stereocenters. The van der Waals surface area contributed by atoms with Crippen molar-refractivity contribution in [2.75, 3.05) is 7.11 Å². The molecule has 3 atom stereocenters. The Kier molecular flexibility index (Phi) is 4.48. The third-order valence-corrected chi connectivity index (χ3v) is 2.74. The smallest absolute Gasteiger partial charge is 0.308 e. The van der Waals surface area contributed by atoms with Gasteiger partial charge in [-0.2, -0.15) is 0 Å². The highest BCUT2D eigenvalue weighted by atomic mass is 16.5.